The van der Waals surface area contributed by atoms with Crippen molar-refractivity contribution >= 4 is 35.6 Å². The number of hydrazine groups is 1. The minimum absolute atomic E-state index is 0.0613. The average molecular weight is 481 g/mol. The molecule has 12 nitrogen and oxygen atoms in total. The second-order valence-corrected chi connectivity index (χ2v) is 8.07. The summed E-state index contributed by atoms with van der Waals surface area (Å²) in [6.45, 7) is 2.51. The van der Waals surface area contributed by atoms with Gasteiger partial charge in [-0.25, -0.2) is 14.6 Å². The van der Waals surface area contributed by atoms with Crippen LogP contribution >= 0.6 is 0 Å². The third-order valence-electron chi connectivity index (χ3n) is 5.69. The number of carbonyl (C=O) groups excluding carboxylic acids is 3. The molecule has 35 heavy (non-hydrogen) atoms. The number of carboxylic acid groups (broad SMARTS) is 2. The van der Waals surface area contributed by atoms with E-state index in [1.54, 1.807) is 0 Å². The molecule has 1 aliphatic rings. The molecule has 182 valence electrons. The van der Waals surface area contributed by atoms with E-state index in [1.807, 2.05) is 0 Å². The van der Waals surface area contributed by atoms with Gasteiger partial charge in [-0.3, -0.25) is 19.8 Å². The van der Waals surface area contributed by atoms with Gasteiger partial charge in [0.25, 0.3) is 5.91 Å². The summed E-state index contributed by atoms with van der Waals surface area (Å²) < 4.78 is 0. The Balaban J connectivity index is 2.05. The maximum Gasteiger partial charge on any atom is 0.344 e. The fourth-order valence-electron chi connectivity index (χ4n) is 3.86. The predicted molar refractivity (Wildman–Crippen MR) is 121 cm³/mol. The zero-order valence-corrected chi connectivity index (χ0v) is 18.8. The molecule has 1 saturated heterocycles. The van der Waals surface area contributed by atoms with Gasteiger partial charge in [-0.1, -0.05) is 36.4 Å². The summed E-state index contributed by atoms with van der Waals surface area (Å²) >= 11 is 0. The Morgan fingerprint density at radius 2 is 1.60 bits per heavy atom. The molecule has 12 heteroatoms. The number of nitrogen functional groups attached to an aromatic ring is 1. The number of nitrogens with one attached hydrogen (secondary N) is 2. The van der Waals surface area contributed by atoms with Gasteiger partial charge in [0.1, 0.15) is 11.4 Å². The fraction of sp³-hybridized carbons (Fsp3) is 0.217. The summed E-state index contributed by atoms with van der Waals surface area (Å²) in [4.78, 5) is 62.0. The largest absolute Gasteiger partial charge is 0.481 e. The van der Waals surface area contributed by atoms with E-state index in [0.717, 1.165) is 11.9 Å². The number of hydrogen-bond donors (Lipinski definition) is 5. The third-order valence-corrected chi connectivity index (χ3v) is 5.69. The first-order valence-corrected chi connectivity index (χ1v) is 10.3. The molecule has 0 aromatic heterocycles. The van der Waals surface area contributed by atoms with Crippen LogP contribution in [0.1, 0.15) is 53.4 Å². The summed E-state index contributed by atoms with van der Waals surface area (Å²) in [6, 6.07) is 8.91. The van der Waals surface area contributed by atoms with Crippen molar-refractivity contribution in [3.63, 3.8) is 0 Å². The molecule has 0 saturated carbocycles. The Morgan fingerprint density at radius 3 is 2.06 bits per heavy atom. The molecule has 4 amide bonds. The zero-order chi connectivity index (χ0) is 26.1. The summed E-state index contributed by atoms with van der Waals surface area (Å²) in [5.41, 5.74) is 4.78. The number of rotatable bonds is 8. The van der Waals surface area contributed by atoms with Crippen molar-refractivity contribution < 1.29 is 34.2 Å². The van der Waals surface area contributed by atoms with Crippen molar-refractivity contribution in [2.24, 2.45) is 5.73 Å². The number of carboxylic acids is 2. The number of hydrogen-bond acceptors (Lipinski definition) is 6. The van der Waals surface area contributed by atoms with Gasteiger partial charge >= 0.3 is 18.0 Å². The Hall–Kier alpha value is -4.74. The van der Waals surface area contributed by atoms with E-state index < -0.39 is 47.8 Å². The van der Waals surface area contributed by atoms with Crippen LogP contribution in [0.5, 0.6) is 0 Å². The normalized spacial score (nSPS) is 18.1. The maximum atomic E-state index is 13.5. The van der Waals surface area contributed by atoms with Crippen molar-refractivity contribution in [3.8, 4) is 0 Å². The average Bonchev–Trinajstić information content (AvgIpc) is 3.02. The number of benzene rings is 2. The first-order valence-electron chi connectivity index (χ1n) is 10.3. The quantitative estimate of drug-likeness (QED) is 0.212. The monoisotopic (exact) mass is 481 g/mol. The number of amidine groups is 1. The first kappa shape index (κ1) is 24.9. The van der Waals surface area contributed by atoms with Crippen LogP contribution in [0.4, 0.5) is 4.79 Å². The van der Waals surface area contributed by atoms with Gasteiger partial charge in [0.15, 0.2) is 0 Å². The summed E-state index contributed by atoms with van der Waals surface area (Å²) in [5.74, 6) is -4.30. The van der Waals surface area contributed by atoms with Gasteiger partial charge in [0.2, 0.25) is 5.91 Å². The van der Waals surface area contributed by atoms with Gasteiger partial charge in [-0.15, -0.1) is 0 Å². The van der Waals surface area contributed by atoms with Crippen LogP contribution in [0.3, 0.4) is 0 Å². The lowest BCUT2D eigenvalue weighted by molar-refractivity contribution is -0.162. The minimum atomic E-state index is -1.60. The molecule has 1 heterocycles. The van der Waals surface area contributed by atoms with E-state index in [0.29, 0.717) is 16.1 Å². The van der Waals surface area contributed by atoms with Gasteiger partial charge < -0.3 is 21.3 Å². The fourth-order valence-corrected chi connectivity index (χ4v) is 3.86. The molecule has 6 N–H and O–H groups in total. The van der Waals surface area contributed by atoms with Crippen molar-refractivity contribution in [1.29, 1.82) is 5.41 Å². The van der Waals surface area contributed by atoms with E-state index in [9.17, 15) is 29.1 Å². The molecule has 2 aromatic rings. The number of imide groups is 1. The Kier molecular flexibility index (Phi) is 6.58. The molecule has 0 radical (unpaired) electrons. The summed E-state index contributed by atoms with van der Waals surface area (Å²) in [7, 11) is 0. The topological polar surface area (TPSA) is 194 Å². The number of nitrogens with two attached hydrogens (primary N) is 1. The Labute approximate surface area is 199 Å². The van der Waals surface area contributed by atoms with Crippen LogP contribution in [0.15, 0.2) is 48.5 Å². The lowest BCUT2D eigenvalue weighted by atomic mass is 9.91. The van der Waals surface area contributed by atoms with Gasteiger partial charge in [0.05, 0.1) is 18.0 Å². The smallest absolute Gasteiger partial charge is 0.344 e. The zero-order valence-electron chi connectivity index (χ0n) is 18.8. The molecule has 2 atom stereocenters. The van der Waals surface area contributed by atoms with Crippen LogP contribution in [0.2, 0.25) is 0 Å². The van der Waals surface area contributed by atoms with Gasteiger partial charge in [-0.05, 0) is 30.2 Å². The van der Waals surface area contributed by atoms with Crippen LogP contribution in [-0.4, -0.2) is 55.9 Å². The Morgan fingerprint density at radius 1 is 1.06 bits per heavy atom. The second kappa shape index (κ2) is 9.25. The SMILES string of the molecule is CC(=O)N(C(CC(=O)O)c1ccc(C(=O)O)cc1)N1C(=O)NC(C)(c2ccc(C(=N)N)cc2)C1=O. The van der Waals surface area contributed by atoms with Gasteiger partial charge in [0, 0.05) is 12.5 Å². The van der Waals surface area contributed by atoms with E-state index >= 15 is 0 Å². The van der Waals surface area contributed by atoms with Crippen molar-refractivity contribution in [2.45, 2.75) is 31.8 Å². The highest BCUT2D eigenvalue weighted by Crippen LogP contribution is 2.34. The second-order valence-electron chi connectivity index (χ2n) is 8.07. The van der Waals surface area contributed by atoms with Crippen LogP contribution in [0.25, 0.3) is 0 Å². The molecule has 1 aliphatic heterocycles. The molecule has 1 fully saturated rings. The number of carbonyl (C=O) groups is 5. The highest BCUT2D eigenvalue weighted by Gasteiger charge is 2.53. The molecular formula is C23H23N5O7. The Bertz CT molecular complexity index is 1230. The van der Waals surface area contributed by atoms with Crippen molar-refractivity contribution in [1.82, 2.24) is 15.3 Å². The predicted octanol–water partition coefficient (Wildman–Crippen LogP) is 1.42. The van der Waals surface area contributed by atoms with Crippen molar-refractivity contribution in [3.05, 3.63) is 70.8 Å². The van der Waals surface area contributed by atoms with E-state index in [4.69, 9.17) is 16.2 Å². The highest BCUT2D eigenvalue weighted by atomic mass is 16.4. The van der Waals surface area contributed by atoms with E-state index in [-0.39, 0.29) is 17.0 Å². The number of nitrogens with zero attached hydrogens (tertiary/aromatic N) is 2. The first-order chi connectivity index (χ1) is 16.4. The number of aliphatic carboxylic acids is 1. The molecular weight excluding hydrogens is 458 g/mol. The minimum Gasteiger partial charge on any atom is -0.481 e. The maximum absolute atomic E-state index is 13.5. The number of aromatic carboxylic acids is 1. The molecule has 0 aliphatic carbocycles. The standard InChI is InChI=1S/C23H23N5O7/c1-12(29)27(17(11-18(30)31)13-3-5-15(6-4-13)20(32)33)28-21(34)23(2,26-22(28)35)16-9-7-14(8-10-16)19(24)25/h3-10,17H,11H2,1-2H3,(H3,24,25)(H,26,35)(H,30,31)(H,32,33). The van der Waals surface area contributed by atoms with E-state index in [2.05, 4.69) is 5.32 Å². The lowest BCUT2D eigenvalue weighted by Crippen LogP contribution is -2.52. The van der Waals surface area contributed by atoms with E-state index in [1.165, 1.54) is 55.5 Å². The van der Waals surface area contributed by atoms with Crippen LogP contribution < -0.4 is 11.1 Å². The number of urea groups is 1. The summed E-state index contributed by atoms with van der Waals surface area (Å²) in [5, 5.41) is 30.0. The molecule has 0 bridgehead atoms. The molecule has 3 rings (SSSR count). The lowest BCUT2D eigenvalue weighted by Gasteiger charge is -2.35. The molecule has 2 unspecified atom stereocenters. The van der Waals surface area contributed by atoms with Gasteiger partial charge in [-0.2, -0.15) is 5.01 Å². The van der Waals surface area contributed by atoms with Crippen LogP contribution in [0, 0.1) is 5.41 Å². The summed E-state index contributed by atoms with van der Waals surface area (Å²) in [6.07, 6.45) is -0.660. The van der Waals surface area contributed by atoms with Crippen LogP contribution in [-0.2, 0) is 19.9 Å². The van der Waals surface area contributed by atoms with Crippen molar-refractivity contribution in [2.75, 3.05) is 0 Å². The molecule has 2 aromatic carbocycles. The number of amides is 4. The third kappa shape index (κ3) is 4.67. The highest BCUT2D eigenvalue weighted by molar-refractivity contribution is 6.08. The molecule has 0 spiro atoms.